The Balaban J connectivity index is 1.04. The van der Waals surface area contributed by atoms with E-state index in [1.165, 1.54) is 11.1 Å². The Labute approximate surface area is 248 Å². The molecule has 212 valence electrons. The maximum atomic E-state index is 13.4. The topological polar surface area (TPSA) is 98.7 Å². The van der Waals surface area contributed by atoms with E-state index in [9.17, 15) is 14.4 Å². The maximum absolute atomic E-state index is 13.4. The lowest BCUT2D eigenvalue weighted by atomic mass is 9.95. The van der Waals surface area contributed by atoms with Gasteiger partial charge >= 0.3 is 0 Å². The number of carbonyl (C=O) groups is 3. The summed E-state index contributed by atoms with van der Waals surface area (Å²) < 4.78 is 0. The lowest BCUT2D eigenvalue weighted by Crippen LogP contribution is -2.53. The van der Waals surface area contributed by atoms with Gasteiger partial charge < -0.3 is 4.90 Å². The van der Waals surface area contributed by atoms with Crippen molar-refractivity contribution in [3.05, 3.63) is 94.4 Å². The largest absolute Gasteiger partial charge is 0.354 e. The van der Waals surface area contributed by atoms with Crippen LogP contribution in [0.5, 0.6) is 0 Å². The lowest BCUT2D eigenvalue weighted by molar-refractivity contribution is -0.134. The molecule has 42 heavy (non-hydrogen) atoms. The molecule has 4 aromatic rings. The van der Waals surface area contributed by atoms with Crippen molar-refractivity contribution in [1.82, 2.24) is 20.2 Å². The van der Waals surface area contributed by atoms with Gasteiger partial charge in [0, 0.05) is 56.3 Å². The zero-order chi connectivity index (χ0) is 28.8. The summed E-state index contributed by atoms with van der Waals surface area (Å²) in [4.78, 5) is 52.3. The molecule has 0 radical (unpaired) electrons. The summed E-state index contributed by atoms with van der Waals surface area (Å²) >= 11 is 5.96. The van der Waals surface area contributed by atoms with Crippen molar-refractivity contribution in [1.29, 1.82) is 0 Å². The van der Waals surface area contributed by atoms with E-state index in [2.05, 4.69) is 55.4 Å². The number of benzene rings is 3. The molecule has 3 amide bonds. The lowest BCUT2D eigenvalue weighted by Gasteiger charge is -2.35. The third-order valence-corrected chi connectivity index (χ3v) is 8.65. The first-order chi connectivity index (χ1) is 20.4. The Hall–Kier alpha value is -4.34. The first kappa shape index (κ1) is 26.6. The van der Waals surface area contributed by atoms with E-state index in [0.717, 1.165) is 67.0 Å². The molecule has 9 nitrogen and oxygen atoms in total. The van der Waals surface area contributed by atoms with Crippen molar-refractivity contribution in [3.63, 3.8) is 0 Å². The predicted octanol–water partition coefficient (Wildman–Crippen LogP) is 3.96. The first-order valence-electron chi connectivity index (χ1n) is 14.2. The average Bonchev–Trinajstić information content (AvgIpc) is 3.28. The van der Waals surface area contributed by atoms with Crippen LogP contribution < -0.4 is 15.1 Å². The molecule has 1 N–H and O–H groups in total. The summed E-state index contributed by atoms with van der Waals surface area (Å²) in [6.45, 7) is 4.55. The molecule has 3 aromatic carbocycles. The molecule has 0 aliphatic carbocycles. The first-order valence-corrected chi connectivity index (χ1v) is 14.6. The molecule has 1 unspecified atom stereocenters. The van der Waals surface area contributed by atoms with Crippen LogP contribution in [-0.4, -0.2) is 64.8 Å². The Morgan fingerprint density at radius 2 is 1.69 bits per heavy atom. The van der Waals surface area contributed by atoms with Crippen LogP contribution in [0.15, 0.2) is 66.9 Å². The van der Waals surface area contributed by atoms with E-state index in [1.54, 1.807) is 11.1 Å². The van der Waals surface area contributed by atoms with E-state index in [4.69, 9.17) is 11.6 Å². The summed E-state index contributed by atoms with van der Waals surface area (Å²) in [5.74, 6) is -0.0237. The number of piperazine rings is 1. The van der Waals surface area contributed by atoms with E-state index >= 15 is 0 Å². The van der Waals surface area contributed by atoms with Crippen LogP contribution in [0.3, 0.4) is 0 Å². The molecule has 1 atom stereocenters. The van der Waals surface area contributed by atoms with Crippen molar-refractivity contribution in [3.8, 4) is 0 Å². The zero-order valence-electron chi connectivity index (χ0n) is 22.9. The Morgan fingerprint density at radius 1 is 0.905 bits per heavy atom. The Kier molecular flexibility index (Phi) is 6.84. The number of hydrogen-bond donors (Lipinski definition) is 1. The van der Waals surface area contributed by atoms with Gasteiger partial charge in [-0.25, -0.2) is 9.97 Å². The number of aromatic nitrogens is 2. The number of carbonyl (C=O) groups excluding carboxylic acids is 3. The highest BCUT2D eigenvalue weighted by Gasteiger charge is 2.40. The van der Waals surface area contributed by atoms with Gasteiger partial charge in [0.1, 0.15) is 11.9 Å². The van der Waals surface area contributed by atoms with Crippen molar-refractivity contribution >= 4 is 51.6 Å². The van der Waals surface area contributed by atoms with Gasteiger partial charge in [0.25, 0.3) is 5.91 Å². The number of nitrogens with one attached hydrogen (secondary N) is 1. The molecule has 2 saturated heterocycles. The molecular formula is C32H29ClN6O3. The molecule has 0 saturated carbocycles. The standard InChI is InChI=1S/C32H29ClN6O3/c33-32-34-13-12-27(35-32)38-16-14-37(15-17-38)19-21-6-4-20(5-7-21)18-22-8-9-25-29-23(22)2-1-3-24(29)31(42)39(25)26-10-11-28(40)36-30(26)41/h1-9,12-13,26H,10-11,14-19H2,(H,36,40,41). The second kappa shape index (κ2) is 10.8. The van der Waals surface area contributed by atoms with E-state index < -0.39 is 11.9 Å². The van der Waals surface area contributed by atoms with Crippen LogP contribution in [-0.2, 0) is 22.6 Å². The second-order valence-electron chi connectivity index (χ2n) is 11.1. The third kappa shape index (κ3) is 4.88. The monoisotopic (exact) mass is 580 g/mol. The SMILES string of the molecule is O=C1CCC(N2C(=O)c3cccc4c(Cc5ccc(CN6CCN(c7ccnc(Cl)n7)CC6)cc5)ccc2c34)C(=O)N1. The van der Waals surface area contributed by atoms with Crippen molar-refractivity contribution < 1.29 is 14.4 Å². The number of nitrogens with zero attached hydrogens (tertiary/aromatic N) is 5. The quantitative estimate of drug-likeness (QED) is 0.272. The van der Waals surface area contributed by atoms with Gasteiger partial charge in [-0.15, -0.1) is 0 Å². The molecule has 3 aliphatic heterocycles. The zero-order valence-corrected chi connectivity index (χ0v) is 23.7. The van der Waals surface area contributed by atoms with Gasteiger partial charge in [-0.1, -0.05) is 42.5 Å². The molecule has 2 fully saturated rings. The number of amides is 3. The Morgan fingerprint density at radius 3 is 2.45 bits per heavy atom. The van der Waals surface area contributed by atoms with Gasteiger partial charge in [0.15, 0.2) is 0 Å². The van der Waals surface area contributed by atoms with E-state index in [0.29, 0.717) is 12.0 Å². The number of anilines is 2. The van der Waals surface area contributed by atoms with Crippen LogP contribution >= 0.6 is 11.6 Å². The Bertz CT molecular complexity index is 1720. The fourth-order valence-electron chi connectivity index (χ4n) is 6.34. The molecule has 3 aliphatic rings. The maximum Gasteiger partial charge on any atom is 0.259 e. The highest BCUT2D eigenvalue weighted by molar-refractivity contribution is 6.28. The van der Waals surface area contributed by atoms with Gasteiger partial charge in [0.2, 0.25) is 17.1 Å². The van der Waals surface area contributed by atoms with Crippen LogP contribution in [0, 0.1) is 0 Å². The highest BCUT2D eigenvalue weighted by atomic mass is 35.5. The van der Waals surface area contributed by atoms with Gasteiger partial charge in [-0.3, -0.25) is 29.5 Å². The number of hydrogen-bond acceptors (Lipinski definition) is 7. The number of imide groups is 1. The summed E-state index contributed by atoms with van der Waals surface area (Å²) in [6.07, 6.45) is 2.97. The van der Waals surface area contributed by atoms with Crippen molar-refractivity contribution in [2.45, 2.75) is 31.8 Å². The van der Waals surface area contributed by atoms with Crippen LogP contribution in [0.25, 0.3) is 10.8 Å². The van der Waals surface area contributed by atoms with E-state index in [-0.39, 0.29) is 23.5 Å². The van der Waals surface area contributed by atoms with E-state index in [1.807, 2.05) is 30.3 Å². The number of halogens is 1. The highest BCUT2D eigenvalue weighted by Crippen LogP contribution is 2.41. The molecule has 4 heterocycles. The second-order valence-corrected chi connectivity index (χ2v) is 11.4. The minimum absolute atomic E-state index is 0.187. The van der Waals surface area contributed by atoms with Crippen molar-refractivity contribution in [2.24, 2.45) is 0 Å². The molecule has 0 spiro atoms. The van der Waals surface area contributed by atoms with Crippen LogP contribution in [0.1, 0.15) is 39.9 Å². The van der Waals surface area contributed by atoms with Gasteiger partial charge in [-0.2, -0.15) is 0 Å². The molecule has 7 rings (SSSR count). The minimum atomic E-state index is -0.682. The average molecular weight is 581 g/mol. The molecular weight excluding hydrogens is 552 g/mol. The predicted molar refractivity (Wildman–Crippen MR) is 161 cm³/mol. The number of rotatable bonds is 6. The van der Waals surface area contributed by atoms with Gasteiger partial charge in [-0.05, 0) is 64.7 Å². The number of piperidine rings is 1. The van der Waals surface area contributed by atoms with Gasteiger partial charge in [0.05, 0.1) is 5.69 Å². The molecule has 0 bridgehead atoms. The minimum Gasteiger partial charge on any atom is -0.354 e. The van der Waals surface area contributed by atoms with Crippen LogP contribution in [0.4, 0.5) is 11.5 Å². The van der Waals surface area contributed by atoms with Crippen molar-refractivity contribution in [2.75, 3.05) is 36.0 Å². The fraction of sp³-hybridized carbons (Fsp3) is 0.281. The third-order valence-electron chi connectivity index (χ3n) is 8.47. The van der Waals surface area contributed by atoms with Crippen LogP contribution in [0.2, 0.25) is 5.28 Å². The molecule has 1 aromatic heterocycles. The summed E-state index contributed by atoms with van der Waals surface area (Å²) in [5, 5.41) is 4.55. The summed E-state index contributed by atoms with van der Waals surface area (Å²) in [7, 11) is 0. The normalized spacial score (nSPS) is 19.1. The summed E-state index contributed by atoms with van der Waals surface area (Å²) in [5.41, 5.74) is 4.93. The smallest absolute Gasteiger partial charge is 0.259 e. The molecule has 10 heteroatoms. The fourth-order valence-corrected chi connectivity index (χ4v) is 6.48. The summed E-state index contributed by atoms with van der Waals surface area (Å²) in [6, 6.07) is 19.7.